The first-order chi connectivity index (χ1) is 22.8. The fourth-order valence-corrected chi connectivity index (χ4v) is 6.95. The van der Waals surface area contributed by atoms with Crippen LogP contribution in [-0.4, -0.2) is 58.4 Å². The summed E-state index contributed by atoms with van der Waals surface area (Å²) in [6.45, 7) is 12.5. The minimum Gasteiger partial charge on any atom is -0.497 e. The van der Waals surface area contributed by atoms with E-state index in [2.05, 4.69) is 83.9 Å². The summed E-state index contributed by atoms with van der Waals surface area (Å²) in [4.78, 5) is 11.8. The molecule has 8 nitrogen and oxygen atoms in total. The molecule has 0 bridgehead atoms. The molecule has 5 rings (SSSR count). The Morgan fingerprint density at radius 3 is 2.40 bits per heavy atom. The lowest BCUT2D eigenvalue weighted by atomic mass is 9.85. The van der Waals surface area contributed by atoms with Gasteiger partial charge in [-0.3, -0.25) is 5.32 Å². The standard InChI is InChI=1S/C36H43F3N6O2S/c1-24(2)31-19-30(46-6)15-16-32(31)45-25(3)17-18-48-34(45)41-22-40-21-35(4,5)20-26-7-9-27(10-8-26)33-42-23-44(43-33)28-11-13-29(14-12-28)47-36(37,38)39/h7-16,19,23-25,40H,17-18,20-22H2,1-6H3/b41-34-. The number of thioether (sulfide) groups is 1. The molecule has 2 heterocycles. The zero-order chi connectivity index (χ0) is 34.5. The molecule has 48 heavy (non-hydrogen) atoms. The summed E-state index contributed by atoms with van der Waals surface area (Å²) >= 11 is 1.81. The lowest BCUT2D eigenvalue weighted by Crippen LogP contribution is -2.42. The van der Waals surface area contributed by atoms with Gasteiger partial charge in [0.15, 0.2) is 11.0 Å². The van der Waals surface area contributed by atoms with Crippen LogP contribution in [0.5, 0.6) is 11.5 Å². The number of aromatic nitrogens is 3. The molecule has 0 amide bonds. The first kappa shape index (κ1) is 35.3. The first-order valence-electron chi connectivity index (χ1n) is 16.0. The fraction of sp³-hybridized carbons (Fsp3) is 0.417. The van der Waals surface area contributed by atoms with Crippen molar-refractivity contribution in [3.05, 3.63) is 84.2 Å². The third-order valence-corrected chi connectivity index (χ3v) is 9.20. The predicted molar refractivity (Wildman–Crippen MR) is 187 cm³/mol. The van der Waals surface area contributed by atoms with Crippen molar-refractivity contribution in [3.63, 3.8) is 0 Å². The number of anilines is 1. The van der Waals surface area contributed by atoms with Gasteiger partial charge < -0.3 is 14.4 Å². The molecule has 1 saturated heterocycles. The topological polar surface area (TPSA) is 76.8 Å². The van der Waals surface area contributed by atoms with E-state index in [1.54, 1.807) is 7.11 Å². The molecule has 0 saturated carbocycles. The maximum atomic E-state index is 12.5. The Morgan fingerprint density at radius 1 is 1.02 bits per heavy atom. The van der Waals surface area contributed by atoms with E-state index in [1.165, 1.54) is 52.1 Å². The molecule has 1 aromatic heterocycles. The fourth-order valence-electron chi connectivity index (χ4n) is 5.74. The van der Waals surface area contributed by atoms with Gasteiger partial charge in [-0.05, 0) is 84.7 Å². The number of aliphatic imine (C=N–C) groups is 1. The van der Waals surface area contributed by atoms with Gasteiger partial charge in [0.1, 0.15) is 17.8 Å². The summed E-state index contributed by atoms with van der Waals surface area (Å²) in [6.07, 6.45) is -1.23. The highest BCUT2D eigenvalue weighted by atomic mass is 32.2. The zero-order valence-corrected chi connectivity index (χ0v) is 29.0. The van der Waals surface area contributed by atoms with Crippen molar-refractivity contribution in [1.82, 2.24) is 20.1 Å². The van der Waals surface area contributed by atoms with Crippen LogP contribution in [-0.2, 0) is 6.42 Å². The number of nitrogens with zero attached hydrogens (tertiary/aromatic N) is 5. The van der Waals surface area contributed by atoms with Crippen LogP contribution >= 0.6 is 11.8 Å². The van der Waals surface area contributed by atoms with E-state index in [1.807, 2.05) is 30.0 Å². The molecule has 1 fully saturated rings. The quantitative estimate of drug-likeness (QED) is 0.151. The van der Waals surface area contributed by atoms with Crippen molar-refractivity contribution in [2.45, 2.75) is 65.8 Å². The van der Waals surface area contributed by atoms with Gasteiger partial charge >= 0.3 is 6.36 Å². The van der Waals surface area contributed by atoms with Gasteiger partial charge in [-0.2, -0.15) is 0 Å². The number of nitrogens with one attached hydrogen (secondary N) is 1. The van der Waals surface area contributed by atoms with E-state index < -0.39 is 6.36 Å². The second-order valence-corrected chi connectivity index (χ2v) is 14.1. The third-order valence-electron chi connectivity index (χ3n) is 8.18. The smallest absolute Gasteiger partial charge is 0.497 e. The predicted octanol–water partition coefficient (Wildman–Crippen LogP) is 8.47. The normalized spacial score (nSPS) is 16.5. The minimum absolute atomic E-state index is 0.0169. The Bertz CT molecular complexity index is 1690. The number of rotatable bonds is 12. The largest absolute Gasteiger partial charge is 0.573 e. The van der Waals surface area contributed by atoms with Gasteiger partial charge in [-0.15, -0.1) is 18.3 Å². The maximum Gasteiger partial charge on any atom is 0.573 e. The van der Waals surface area contributed by atoms with Crippen molar-refractivity contribution in [1.29, 1.82) is 0 Å². The van der Waals surface area contributed by atoms with E-state index in [-0.39, 0.29) is 11.2 Å². The number of hydrogen-bond acceptors (Lipinski definition) is 7. The molecule has 3 aromatic carbocycles. The molecule has 1 atom stereocenters. The summed E-state index contributed by atoms with van der Waals surface area (Å²) in [5.74, 6) is 2.51. The molecule has 1 N–H and O–H groups in total. The van der Waals surface area contributed by atoms with Gasteiger partial charge in [-0.25, -0.2) is 14.7 Å². The molecule has 256 valence electrons. The molecular weight excluding hydrogens is 637 g/mol. The van der Waals surface area contributed by atoms with E-state index in [9.17, 15) is 13.2 Å². The van der Waals surface area contributed by atoms with Gasteiger partial charge in [0, 0.05) is 29.6 Å². The average Bonchev–Trinajstić information content (AvgIpc) is 3.53. The first-order valence-corrected chi connectivity index (χ1v) is 17.0. The molecule has 1 unspecified atom stereocenters. The van der Waals surface area contributed by atoms with Crippen LogP contribution in [0.1, 0.15) is 58.1 Å². The summed E-state index contributed by atoms with van der Waals surface area (Å²) < 4.78 is 48.4. The second-order valence-electron chi connectivity index (χ2n) is 13.1. The Balaban J connectivity index is 1.17. The highest BCUT2D eigenvalue weighted by molar-refractivity contribution is 8.14. The van der Waals surface area contributed by atoms with Crippen molar-refractivity contribution in [2.75, 3.05) is 31.0 Å². The highest BCUT2D eigenvalue weighted by Crippen LogP contribution is 2.37. The van der Waals surface area contributed by atoms with E-state index >= 15 is 0 Å². The number of methoxy groups -OCH3 is 1. The second kappa shape index (κ2) is 15.0. The maximum absolute atomic E-state index is 12.5. The van der Waals surface area contributed by atoms with E-state index in [4.69, 9.17) is 9.73 Å². The van der Waals surface area contributed by atoms with Crippen molar-refractivity contribution >= 4 is 22.6 Å². The third kappa shape index (κ3) is 9.10. The summed E-state index contributed by atoms with van der Waals surface area (Å²) in [7, 11) is 1.71. The molecule has 4 aromatic rings. The van der Waals surface area contributed by atoms with Crippen LogP contribution in [0.4, 0.5) is 18.9 Å². The molecule has 0 radical (unpaired) electrons. The molecule has 1 aliphatic rings. The molecule has 12 heteroatoms. The van der Waals surface area contributed by atoms with Crippen LogP contribution in [0.15, 0.2) is 78.0 Å². The number of benzene rings is 3. The van der Waals surface area contributed by atoms with Crippen molar-refractivity contribution in [3.8, 4) is 28.6 Å². The van der Waals surface area contributed by atoms with Crippen molar-refractivity contribution in [2.24, 2.45) is 10.4 Å². The van der Waals surface area contributed by atoms with Crippen LogP contribution in [0.2, 0.25) is 0 Å². The number of amidine groups is 1. The zero-order valence-electron chi connectivity index (χ0n) is 28.2. The van der Waals surface area contributed by atoms with Crippen LogP contribution in [0, 0.1) is 5.41 Å². The number of halogens is 3. The Labute approximate surface area is 284 Å². The number of hydrogen-bond donors (Lipinski definition) is 1. The van der Waals surface area contributed by atoms with E-state index in [0.717, 1.165) is 41.6 Å². The molecule has 0 spiro atoms. The Hall–Kier alpha value is -4.03. The lowest BCUT2D eigenvalue weighted by molar-refractivity contribution is -0.274. The highest BCUT2D eigenvalue weighted by Gasteiger charge is 2.31. The molecule has 0 aliphatic carbocycles. The molecular formula is C36H43F3N6O2S. The SMILES string of the molecule is COc1ccc(N2/C(=N/CNCC(C)(C)Cc3ccc(-c4ncn(-c5ccc(OC(F)(F)F)cc5)n4)cc3)SCCC2C)c(C(C)C)c1. The lowest BCUT2D eigenvalue weighted by Gasteiger charge is -2.37. The minimum atomic E-state index is -4.74. The summed E-state index contributed by atoms with van der Waals surface area (Å²) in [6, 6.07) is 20.3. The van der Waals surface area contributed by atoms with Gasteiger partial charge in [-0.1, -0.05) is 63.7 Å². The Morgan fingerprint density at radius 2 is 1.73 bits per heavy atom. The average molecular weight is 681 g/mol. The van der Waals surface area contributed by atoms with Gasteiger partial charge in [0.2, 0.25) is 0 Å². The number of alkyl halides is 3. The monoisotopic (exact) mass is 680 g/mol. The van der Waals surface area contributed by atoms with Crippen molar-refractivity contribution < 1.29 is 22.6 Å². The number of ether oxygens (including phenoxy) is 2. The summed E-state index contributed by atoms with van der Waals surface area (Å²) in [5, 5.41) is 9.13. The summed E-state index contributed by atoms with van der Waals surface area (Å²) in [5.41, 5.74) is 5.06. The van der Waals surface area contributed by atoms with Gasteiger partial charge in [0.05, 0.1) is 19.5 Å². The van der Waals surface area contributed by atoms with Gasteiger partial charge in [0.25, 0.3) is 0 Å². The van der Waals surface area contributed by atoms with E-state index in [0.29, 0.717) is 30.1 Å². The molecule has 1 aliphatic heterocycles. The van der Waals surface area contributed by atoms with Crippen LogP contribution in [0.25, 0.3) is 17.1 Å². The van der Waals surface area contributed by atoms with Crippen LogP contribution < -0.4 is 19.7 Å². The Kier molecular flexibility index (Phi) is 11.0. The van der Waals surface area contributed by atoms with Crippen LogP contribution in [0.3, 0.4) is 0 Å².